The molecule has 0 bridgehead atoms. The molecule has 3 aromatic carbocycles. The smallest absolute Gasteiger partial charge is 0.333 e. The van der Waals surface area contributed by atoms with Crippen LogP contribution in [0.4, 0.5) is 21.9 Å². The first-order valence-corrected chi connectivity index (χ1v) is 13.1. The first-order chi connectivity index (χ1) is 19.6. The third-order valence-electron chi connectivity index (χ3n) is 5.78. The van der Waals surface area contributed by atoms with Gasteiger partial charge in [0.15, 0.2) is 5.78 Å². The van der Waals surface area contributed by atoms with Crippen molar-refractivity contribution in [2.24, 2.45) is 0 Å². The Hall–Kier alpha value is -4.67. The van der Waals surface area contributed by atoms with Crippen LogP contribution in [0.1, 0.15) is 38.8 Å². The molecule has 5 N–H and O–H groups in total. The Morgan fingerprint density at radius 2 is 1.66 bits per heavy atom. The van der Waals surface area contributed by atoms with Crippen molar-refractivity contribution >= 4 is 52.4 Å². The number of urea groups is 1. The van der Waals surface area contributed by atoms with Gasteiger partial charge in [0.2, 0.25) is 0 Å². The molecule has 0 aliphatic carbocycles. The molecule has 0 radical (unpaired) electrons. The summed E-state index contributed by atoms with van der Waals surface area (Å²) >= 11 is 6.51. The first kappa shape index (κ1) is 30.9. The van der Waals surface area contributed by atoms with Crippen LogP contribution in [-0.2, 0) is 9.53 Å². The van der Waals surface area contributed by atoms with Crippen molar-refractivity contribution < 1.29 is 29.0 Å². The van der Waals surface area contributed by atoms with Gasteiger partial charge in [0.1, 0.15) is 6.61 Å². The Morgan fingerprint density at radius 1 is 0.927 bits per heavy atom. The number of carbonyl (C=O) groups excluding carboxylic acids is 4. The number of carbonyl (C=O) groups is 4. The van der Waals surface area contributed by atoms with Crippen molar-refractivity contribution in [3.8, 4) is 0 Å². The molecule has 214 valence electrons. The monoisotopic (exact) mass is 578 g/mol. The van der Waals surface area contributed by atoms with Gasteiger partial charge in [-0.05, 0) is 61.9 Å². The Morgan fingerprint density at radius 3 is 2.34 bits per heavy atom. The number of amides is 3. The third-order valence-corrected chi connectivity index (χ3v) is 6.09. The molecule has 41 heavy (non-hydrogen) atoms. The number of ether oxygens (including phenoxy) is 1. The molecule has 0 heterocycles. The van der Waals surface area contributed by atoms with Crippen LogP contribution in [0.5, 0.6) is 0 Å². The zero-order valence-electron chi connectivity index (χ0n) is 22.7. The first-order valence-electron chi connectivity index (χ1n) is 12.7. The third kappa shape index (κ3) is 8.66. The number of esters is 1. The number of nitrogens with one attached hydrogen (secondary N) is 4. The van der Waals surface area contributed by atoms with Gasteiger partial charge in [-0.1, -0.05) is 36.4 Å². The zero-order chi connectivity index (χ0) is 29.9. The van der Waals surface area contributed by atoms with Crippen LogP contribution in [-0.4, -0.2) is 55.1 Å². The number of hydrogen-bond acceptors (Lipinski definition) is 7. The molecule has 0 unspecified atom stereocenters. The summed E-state index contributed by atoms with van der Waals surface area (Å²) in [6, 6.07) is 16.2. The van der Waals surface area contributed by atoms with Crippen LogP contribution in [0.2, 0.25) is 5.02 Å². The van der Waals surface area contributed by atoms with Crippen LogP contribution in [0, 0.1) is 6.92 Å². The second-order valence-corrected chi connectivity index (χ2v) is 9.41. The fraction of sp³-hybridized carbons (Fsp3) is 0.200. The highest BCUT2D eigenvalue weighted by Crippen LogP contribution is 2.29. The molecule has 0 aliphatic rings. The van der Waals surface area contributed by atoms with Crippen LogP contribution < -0.4 is 21.3 Å². The molecule has 10 nitrogen and oxygen atoms in total. The van der Waals surface area contributed by atoms with E-state index in [4.69, 9.17) is 21.4 Å². The summed E-state index contributed by atoms with van der Waals surface area (Å²) < 4.78 is 4.95. The van der Waals surface area contributed by atoms with E-state index in [9.17, 15) is 19.2 Å². The number of hydrogen-bond donors (Lipinski definition) is 5. The Balaban J connectivity index is 1.69. The van der Waals surface area contributed by atoms with Crippen molar-refractivity contribution in [3.05, 3.63) is 100 Å². The molecule has 3 aromatic rings. The average Bonchev–Trinajstić information content (AvgIpc) is 2.95. The van der Waals surface area contributed by atoms with Gasteiger partial charge in [0.25, 0.3) is 5.91 Å². The number of rotatable bonds is 12. The van der Waals surface area contributed by atoms with Gasteiger partial charge in [0, 0.05) is 34.5 Å². The minimum Gasteiger partial charge on any atom is -0.460 e. The standard InChI is InChI=1S/C30H31ClN4O6/c1-18(2)29(39)41-15-13-33-30(40)35-26-7-5-4-6-25(26)34-21-10-11-22(24(31)17-21)27(37)23-16-20(9-8-19(23)3)28(38)32-12-14-36/h4-11,16-17,34,36H,1,12-15H2,2-3H3,(H,32,38)(H2,33,35,40). The lowest BCUT2D eigenvalue weighted by Gasteiger charge is -2.15. The fourth-order valence-electron chi connectivity index (χ4n) is 3.66. The summed E-state index contributed by atoms with van der Waals surface area (Å²) in [4.78, 5) is 49.4. The van der Waals surface area contributed by atoms with Crippen molar-refractivity contribution in [1.82, 2.24) is 10.6 Å². The number of anilines is 3. The minimum absolute atomic E-state index is 0.00328. The molecule has 0 saturated heterocycles. The number of halogens is 1. The normalized spacial score (nSPS) is 10.3. The highest BCUT2D eigenvalue weighted by Gasteiger charge is 2.18. The lowest BCUT2D eigenvalue weighted by molar-refractivity contribution is -0.138. The van der Waals surface area contributed by atoms with Crippen molar-refractivity contribution in [2.75, 3.05) is 36.9 Å². The lowest BCUT2D eigenvalue weighted by atomic mass is 9.96. The SMILES string of the molecule is C=C(C)C(=O)OCCNC(=O)Nc1ccccc1Nc1ccc(C(=O)c2cc(C(=O)NCCO)ccc2C)c(Cl)c1. The molecule has 3 rings (SSSR count). The molecular weight excluding hydrogens is 548 g/mol. The predicted molar refractivity (Wildman–Crippen MR) is 158 cm³/mol. The summed E-state index contributed by atoms with van der Waals surface area (Å²) in [5, 5.41) is 20.2. The van der Waals surface area contributed by atoms with Gasteiger partial charge in [-0.15, -0.1) is 0 Å². The summed E-state index contributed by atoms with van der Waals surface area (Å²) in [5.41, 5.74) is 3.46. The highest BCUT2D eigenvalue weighted by atomic mass is 35.5. The quantitative estimate of drug-likeness (QED) is 0.0914. The Kier molecular flexibility index (Phi) is 11.0. The van der Waals surface area contributed by atoms with Gasteiger partial charge in [-0.3, -0.25) is 9.59 Å². The molecule has 0 aliphatic heterocycles. The summed E-state index contributed by atoms with van der Waals surface area (Å²) in [5.74, 6) is -1.27. The van der Waals surface area contributed by atoms with Crippen molar-refractivity contribution in [1.29, 1.82) is 0 Å². The maximum absolute atomic E-state index is 13.3. The predicted octanol–water partition coefficient (Wildman–Crippen LogP) is 4.59. The maximum Gasteiger partial charge on any atom is 0.333 e. The van der Waals surface area contributed by atoms with E-state index in [2.05, 4.69) is 27.8 Å². The minimum atomic E-state index is -0.529. The second kappa shape index (κ2) is 14.6. The van der Waals surface area contributed by atoms with Gasteiger partial charge in [0.05, 0.1) is 29.5 Å². The van der Waals surface area contributed by atoms with Crippen LogP contribution >= 0.6 is 11.6 Å². The summed E-state index contributed by atoms with van der Waals surface area (Å²) in [6.45, 7) is 6.82. The number of aryl methyl sites for hydroxylation is 1. The summed E-state index contributed by atoms with van der Waals surface area (Å²) in [6.07, 6.45) is 0. The van der Waals surface area contributed by atoms with E-state index >= 15 is 0 Å². The van der Waals surface area contributed by atoms with E-state index in [1.165, 1.54) is 13.0 Å². The Labute approximate surface area is 242 Å². The number of para-hydroxylation sites is 2. The van der Waals surface area contributed by atoms with Crippen LogP contribution in [0.15, 0.2) is 72.8 Å². The number of aliphatic hydroxyl groups is 1. The fourth-order valence-corrected chi connectivity index (χ4v) is 3.92. The largest absolute Gasteiger partial charge is 0.460 e. The number of aliphatic hydroxyl groups excluding tert-OH is 1. The van der Waals surface area contributed by atoms with Gasteiger partial charge in [-0.2, -0.15) is 0 Å². The average molecular weight is 579 g/mol. The molecule has 3 amide bonds. The molecule has 11 heteroatoms. The Bertz CT molecular complexity index is 1470. The van der Waals surface area contributed by atoms with Crippen LogP contribution in [0.25, 0.3) is 0 Å². The zero-order valence-corrected chi connectivity index (χ0v) is 23.4. The summed E-state index contributed by atoms with van der Waals surface area (Å²) in [7, 11) is 0. The molecule has 0 fully saturated rings. The molecule has 0 aromatic heterocycles. The van der Waals surface area contributed by atoms with E-state index < -0.39 is 17.9 Å². The molecule has 0 saturated carbocycles. The van der Waals surface area contributed by atoms with Crippen molar-refractivity contribution in [3.63, 3.8) is 0 Å². The molecular formula is C30H31ClN4O6. The number of benzene rings is 3. The lowest BCUT2D eigenvalue weighted by Crippen LogP contribution is -2.32. The second-order valence-electron chi connectivity index (χ2n) is 9.00. The number of ketones is 1. The van der Waals surface area contributed by atoms with Gasteiger partial charge < -0.3 is 31.1 Å². The van der Waals surface area contributed by atoms with Gasteiger partial charge >= 0.3 is 12.0 Å². The van der Waals surface area contributed by atoms with Crippen molar-refractivity contribution in [2.45, 2.75) is 13.8 Å². The topological polar surface area (TPSA) is 146 Å². The van der Waals surface area contributed by atoms with Crippen LogP contribution in [0.3, 0.4) is 0 Å². The van der Waals surface area contributed by atoms with Gasteiger partial charge in [-0.25, -0.2) is 9.59 Å². The highest BCUT2D eigenvalue weighted by molar-refractivity contribution is 6.35. The van der Waals surface area contributed by atoms with E-state index in [0.29, 0.717) is 33.8 Å². The molecule has 0 atom stereocenters. The van der Waals surface area contributed by atoms with E-state index in [-0.39, 0.29) is 48.2 Å². The van der Waals surface area contributed by atoms with E-state index in [1.807, 2.05) is 0 Å². The molecule has 0 spiro atoms. The maximum atomic E-state index is 13.3. The van der Waals surface area contributed by atoms with E-state index in [0.717, 1.165) is 0 Å². The van der Waals surface area contributed by atoms with E-state index in [1.54, 1.807) is 61.5 Å².